The maximum absolute atomic E-state index is 12.9. The lowest BCUT2D eigenvalue weighted by Gasteiger charge is -2.33. The van der Waals surface area contributed by atoms with Gasteiger partial charge in [0.15, 0.2) is 5.76 Å². The zero-order valence-corrected chi connectivity index (χ0v) is 15.3. The Labute approximate surface area is 159 Å². The lowest BCUT2D eigenvalue weighted by atomic mass is 9.77. The van der Waals surface area contributed by atoms with Crippen molar-refractivity contribution in [2.24, 2.45) is 17.6 Å². The number of fused-ring (bicyclic) bond motifs is 1. The molecule has 27 heavy (non-hydrogen) atoms. The number of para-hydroxylation sites is 1. The summed E-state index contributed by atoms with van der Waals surface area (Å²) in [6.07, 6.45) is 6.07. The average molecular weight is 363 g/mol. The van der Waals surface area contributed by atoms with E-state index in [4.69, 9.17) is 10.2 Å². The second-order valence-electron chi connectivity index (χ2n) is 7.37. The van der Waals surface area contributed by atoms with Gasteiger partial charge in [0.05, 0.1) is 11.7 Å². The number of benzene rings is 1. The van der Waals surface area contributed by atoms with Crippen LogP contribution in [-0.2, 0) is 0 Å². The molecule has 2 aromatic heterocycles. The first-order chi connectivity index (χ1) is 13.2. The molecule has 2 heterocycles. The first-order valence-corrected chi connectivity index (χ1v) is 9.65. The van der Waals surface area contributed by atoms with Crippen LogP contribution in [0.2, 0.25) is 0 Å². The van der Waals surface area contributed by atoms with E-state index >= 15 is 0 Å². The normalized spacial score (nSPS) is 21.1. The van der Waals surface area contributed by atoms with Crippen LogP contribution in [0.25, 0.3) is 11.0 Å². The molecule has 140 valence electrons. The molecule has 1 unspecified atom stereocenters. The standard InChI is InChI=1S/C22H25N3O2/c23-14-15-8-10-16(11-9-15)21(18-6-3-4-12-24-18)25-22(26)20-13-17-5-1-2-7-19(17)27-20/h1-7,12-13,15-16,21H,8-11,14,23H2,(H,25,26). The molecule has 1 aliphatic carbocycles. The summed E-state index contributed by atoms with van der Waals surface area (Å²) >= 11 is 0. The van der Waals surface area contributed by atoms with E-state index in [9.17, 15) is 4.79 Å². The lowest BCUT2D eigenvalue weighted by molar-refractivity contribution is 0.0879. The topological polar surface area (TPSA) is 81.1 Å². The maximum atomic E-state index is 12.9. The molecule has 1 atom stereocenters. The van der Waals surface area contributed by atoms with Gasteiger partial charge in [0.1, 0.15) is 5.58 Å². The number of carbonyl (C=O) groups excluding carboxylic acids is 1. The molecule has 3 aromatic rings. The summed E-state index contributed by atoms with van der Waals surface area (Å²) in [5.74, 6) is 1.10. The van der Waals surface area contributed by atoms with Crippen molar-refractivity contribution < 1.29 is 9.21 Å². The fourth-order valence-electron chi connectivity index (χ4n) is 4.06. The third kappa shape index (κ3) is 3.88. The van der Waals surface area contributed by atoms with Crippen LogP contribution < -0.4 is 11.1 Å². The molecule has 1 aliphatic rings. The first kappa shape index (κ1) is 17.7. The van der Waals surface area contributed by atoms with E-state index in [0.717, 1.165) is 48.9 Å². The second-order valence-corrected chi connectivity index (χ2v) is 7.37. The highest BCUT2D eigenvalue weighted by molar-refractivity contribution is 5.96. The van der Waals surface area contributed by atoms with Crippen LogP contribution in [0.3, 0.4) is 0 Å². The number of amides is 1. The van der Waals surface area contributed by atoms with Crippen molar-refractivity contribution in [3.63, 3.8) is 0 Å². The summed E-state index contributed by atoms with van der Waals surface area (Å²) in [7, 11) is 0. The highest BCUT2D eigenvalue weighted by Crippen LogP contribution is 2.36. The molecule has 0 aliphatic heterocycles. The van der Waals surface area contributed by atoms with E-state index < -0.39 is 0 Å². The van der Waals surface area contributed by atoms with Crippen LogP contribution >= 0.6 is 0 Å². The Hall–Kier alpha value is -2.66. The van der Waals surface area contributed by atoms with Gasteiger partial charge in [-0.15, -0.1) is 0 Å². The molecule has 5 nitrogen and oxygen atoms in total. The van der Waals surface area contributed by atoms with Gasteiger partial charge in [0.25, 0.3) is 5.91 Å². The van der Waals surface area contributed by atoms with Crippen molar-refractivity contribution in [1.29, 1.82) is 0 Å². The third-order valence-corrected chi connectivity index (χ3v) is 5.64. The van der Waals surface area contributed by atoms with E-state index in [0.29, 0.717) is 17.6 Å². The molecule has 1 saturated carbocycles. The van der Waals surface area contributed by atoms with E-state index in [1.807, 2.05) is 42.5 Å². The lowest BCUT2D eigenvalue weighted by Crippen LogP contribution is -2.36. The number of hydrogen-bond donors (Lipinski definition) is 2. The van der Waals surface area contributed by atoms with Crippen LogP contribution in [0.15, 0.2) is 59.1 Å². The molecule has 0 bridgehead atoms. The van der Waals surface area contributed by atoms with Crippen molar-refractivity contribution in [3.05, 3.63) is 66.2 Å². The first-order valence-electron chi connectivity index (χ1n) is 9.65. The Balaban J connectivity index is 1.56. The van der Waals surface area contributed by atoms with Gasteiger partial charge in [-0.3, -0.25) is 9.78 Å². The van der Waals surface area contributed by atoms with Gasteiger partial charge in [0.2, 0.25) is 0 Å². The van der Waals surface area contributed by atoms with Gasteiger partial charge in [-0.1, -0.05) is 24.3 Å². The number of furan rings is 1. The molecule has 1 fully saturated rings. The molecular weight excluding hydrogens is 338 g/mol. The van der Waals surface area contributed by atoms with E-state index in [1.54, 1.807) is 12.3 Å². The summed E-state index contributed by atoms with van der Waals surface area (Å²) in [4.78, 5) is 17.4. The van der Waals surface area contributed by atoms with E-state index in [1.165, 1.54) is 0 Å². The zero-order chi connectivity index (χ0) is 18.6. The van der Waals surface area contributed by atoms with E-state index in [-0.39, 0.29) is 11.9 Å². The molecular formula is C22H25N3O2. The smallest absolute Gasteiger partial charge is 0.287 e. The van der Waals surface area contributed by atoms with Crippen LogP contribution in [0, 0.1) is 11.8 Å². The summed E-state index contributed by atoms with van der Waals surface area (Å²) in [5, 5.41) is 4.12. The number of nitrogens with one attached hydrogen (secondary N) is 1. The Morgan fingerprint density at radius 3 is 2.63 bits per heavy atom. The number of nitrogens with zero attached hydrogens (tertiary/aromatic N) is 1. The Morgan fingerprint density at radius 2 is 1.93 bits per heavy atom. The van der Waals surface area contributed by atoms with Crippen LogP contribution in [0.4, 0.5) is 0 Å². The monoisotopic (exact) mass is 363 g/mol. The largest absolute Gasteiger partial charge is 0.451 e. The third-order valence-electron chi connectivity index (χ3n) is 5.64. The maximum Gasteiger partial charge on any atom is 0.287 e. The molecule has 1 amide bonds. The SMILES string of the molecule is NCC1CCC(C(NC(=O)c2cc3ccccc3o2)c2ccccn2)CC1. The number of hydrogen-bond acceptors (Lipinski definition) is 4. The second kappa shape index (κ2) is 7.92. The summed E-state index contributed by atoms with van der Waals surface area (Å²) in [5.41, 5.74) is 7.46. The number of nitrogens with two attached hydrogens (primary N) is 1. The average Bonchev–Trinajstić information content (AvgIpc) is 3.17. The summed E-state index contributed by atoms with van der Waals surface area (Å²) < 4.78 is 5.74. The van der Waals surface area contributed by atoms with Gasteiger partial charge in [-0.2, -0.15) is 0 Å². The summed E-state index contributed by atoms with van der Waals surface area (Å²) in [6, 6.07) is 15.2. The quantitative estimate of drug-likeness (QED) is 0.716. The molecule has 0 saturated heterocycles. The number of carbonyl (C=O) groups is 1. The van der Waals surface area contributed by atoms with Crippen LogP contribution in [0.1, 0.15) is 48.0 Å². The minimum absolute atomic E-state index is 0.120. The van der Waals surface area contributed by atoms with Gasteiger partial charge >= 0.3 is 0 Å². The highest BCUT2D eigenvalue weighted by atomic mass is 16.3. The number of pyridine rings is 1. The molecule has 0 spiro atoms. The van der Waals surface area contributed by atoms with Crippen molar-refractivity contribution in [3.8, 4) is 0 Å². The van der Waals surface area contributed by atoms with E-state index in [2.05, 4.69) is 10.3 Å². The predicted octanol–water partition coefficient (Wildman–Crippen LogP) is 4.06. The molecule has 3 N–H and O–H groups in total. The van der Waals surface area contributed by atoms with Crippen molar-refractivity contribution >= 4 is 16.9 Å². The number of rotatable bonds is 5. The Kier molecular flexibility index (Phi) is 5.21. The van der Waals surface area contributed by atoms with Gasteiger partial charge in [0, 0.05) is 11.6 Å². The molecule has 4 rings (SSSR count). The molecule has 0 radical (unpaired) electrons. The predicted molar refractivity (Wildman–Crippen MR) is 105 cm³/mol. The number of aromatic nitrogens is 1. The molecule has 5 heteroatoms. The van der Waals surface area contributed by atoms with Gasteiger partial charge < -0.3 is 15.5 Å². The summed E-state index contributed by atoms with van der Waals surface area (Å²) in [6.45, 7) is 0.742. The fraction of sp³-hybridized carbons (Fsp3) is 0.364. The Bertz CT molecular complexity index is 865. The molecule has 1 aromatic carbocycles. The van der Waals surface area contributed by atoms with Crippen molar-refractivity contribution in [2.75, 3.05) is 6.54 Å². The Morgan fingerprint density at radius 1 is 1.15 bits per heavy atom. The minimum atomic E-state index is -0.192. The van der Waals surface area contributed by atoms with Gasteiger partial charge in [-0.05, 0) is 68.3 Å². The zero-order valence-electron chi connectivity index (χ0n) is 15.3. The minimum Gasteiger partial charge on any atom is -0.451 e. The van der Waals surface area contributed by atoms with Crippen molar-refractivity contribution in [2.45, 2.75) is 31.7 Å². The fourth-order valence-corrected chi connectivity index (χ4v) is 4.06. The van der Waals surface area contributed by atoms with Crippen LogP contribution in [0.5, 0.6) is 0 Å². The van der Waals surface area contributed by atoms with Gasteiger partial charge in [-0.25, -0.2) is 0 Å². The van der Waals surface area contributed by atoms with Crippen molar-refractivity contribution in [1.82, 2.24) is 10.3 Å². The van der Waals surface area contributed by atoms with Crippen LogP contribution in [-0.4, -0.2) is 17.4 Å². The highest BCUT2D eigenvalue weighted by Gasteiger charge is 2.31.